The molecule has 0 aromatic heterocycles. The Hall–Kier alpha value is -0.780. The van der Waals surface area contributed by atoms with Crippen molar-refractivity contribution in [1.29, 1.82) is 0 Å². The molecule has 1 atom stereocenters. The Morgan fingerprint density at radius 3 is 2.12 bits per heavy atom. The molecule has 4 N–H and O–H groups in total. The third-order valence-corrected chi connectivity index (χ3v) is 3.16. The van der Waals surface area contributed by atoms with Crippen molar-refractivity contribution in [3.05, 3.63) is 22.2 Å². The SMILES string of the molecule is COc1cc([C@@H](N)CCN)cc(OC)c1Br. The van der Waals surface area contributed by atoms with E-state index < -0.39 is 0 Å². The molecule has 0 aliphatic rings. The summed E-state index contributed by atoms with van der Waals surface area (Å²) in [7, 11) is 3.22. The van der Waals surface area contributed by atoms with E-state index in [1.807, 2.05) is 12.1 Å². The quantitative estimate of drug-likeness (QED) is 0.867. The van der Waals surface area contributed by atoms with Crippen molar-refractivity contribution in [2.75, 3.05) is 20.8 Å². The predicted octanol–water partition coefficient (Wildman–Crippen LogP) is 1.81. The molecule has 5 heteroatoms. The minimum absolute atomic E-state index is 0.0964. The molecule has 0 aliphatic heterocycles. The molecular formula is C11H17BrN2O2. The third kappa shape index (κ3) is 2.87. The summed E-state index contributed by atoms with van der Waals surface area (Å²) in [5, 5.41) is 0. The first-order valence-electron chi connectivity index (χ1n) is 5.01. The van der Waals surface area contributed by atoms with Gasteiger partial charge in [-0.2, -0.15) is 0 Å². The second-order valence-electron chi connectivity index (χ2n) is 3.42. The van der Waals surface area contributed by atoms with Crippen LogP contribution < -0.4 is 20.9 Å². The van der Waals surface area contributed by atoms with E-state index in [9.17, 15) is 0 Å². The zero-order valence-electron chi connectivity index (χ0n) is 9.50. The van der Waals surface area contributed by atoms with Gasteiger partial charge in [-0.1, -0.05) is 0 Å². The second-order valence-corrected chi connectivity index (χ2v) is 4.22. The van der Waals surface area contributed by atoms with Crippen LogP contribution in [0.1, 0.15) is 18.0 Å². The molecule has 0 saturated carbocycles. The fraction of sp³-hybridized carbons (Fsp3) is 0.455. The molecule has 0 unspecified atom stereocenters. The highest BCUT2D eigenvalue weighted by atomic mass is 79.9. The normalized spacial score (nSPS) is 12.3. The molecular weight excluding hydrogens is 272 g/mol. The monoisotopic (exact) mass is 288 g/mol. The van der Waals surface area contributed by atoms with Crippen LogP contribution in [-0.2, 0) is 0 Å². The van der Waals surface area contributed by atoms with Crippen molar-refractivity contribution in [3.8, 4) is 11.5 Å². The average Bonchev–Trinajstić information content (AvgIpc) is 2.29. The highest BCUT2D eigenvalue weighted by Crippen LogP contribution is 2.37. The van der Waals surface area contributed by atoms with Crippen LogP contribution in [0.2, 0.25) is 0 Å². The number of halogens is 1. The number of nitrogens with two attached hydrogens (primary N) is 2. The summed E-state index contributed by atoms with van der Waals surface area (Å²) in [4.78, 5) is 0. The summed E-state index contributed by atoms with van der Waals surface area (Å²) in [6, 6.07) is 3.70. The molecule has 0 bridgehead atoms. The number of benzene rings is 1. The summed E-state index contributed by atoms with van der Waals surface area (Å²) in [5.41, 5.74) is 12.4. The van der Waals surface area contributed by atoms with E-state index >= 15 is 0 Å². The molecule has 0 radical (unpaired) electrons. The van der Waals surface area contributed by atoms with E-state index in [-0.39, 0.29) is 6.04 Å². The van der Waals surface area contributed by atoms with Crippen LogP contribution in [0.5, 0.6) is 11.5 Å². The van der Waals surface area contributed by atoms with E-state index in [1.54, 1.807) is 14.2 Å². The van der Waals surface area contributed by atoms with Crippen molar-refractivity contribution in [2.45, 2.75) is 12.5 Å². The van der Waals surface area contributed by atoms with Gasteiger partial charge in [0.1, 0.15) is 16.0 Å². The molecule has 0 heterocycles. The molecule has 0 fully saturated rings. The lowest BCUT2D eigenvalue weighted by Crippen LogP contribution is -2.15. The summed E-state index contributed by atoms with van der Waals surface area (Å²) in [6.07, 6.45) is 0.730. The summed E-state index contributed by atoms with van der Waals surface area (Å²) < 4.78 is 11.3. The van der Waals surface area contributed by atoms with E-state index in [0.29, 0.717) is 18.0 Å². The van der Waals surface area contributed by atoms with Gasteiger partial charge in [-0.05, 0) is 46.6 Å². The first-order chi connectivity index (χ1) is 7.63. The molecule has 90 valence electrons. The fourth-order valence-corrected chi connectivity index (χ4v) is 2.00. The van der Waals surface area contributed by atoms with Crippen LogP contribution in [0.3, 0.4) is 0 Å². The zero-order chi connectivity index (χ0) is 12.1. The topological polar surface area (TPSA) is 70.5 Å². The van der Waals surface area contributed by atoms with Gasteiger partial charge < -0.3 is 20.9 Å². The summed E-state index contributed by atoms with van der Waals surface area (Å²) >= 11 is 3.41. The van der Waals surface area contributed by atoms with E-state index in [4.69, 9.17) is 20.9 Å². The lowest BCUT2D eigenvalue weighted by Gasteiger charge is -2.15. The Kier molecular flexibility index (Phi) is 5.05. The lowest BCUT2D eigenvalue weighted by molar-refractivity contribution is 0.387. The van der Waals surface area contributed by atoms with Gasteiger partial charge in [0.05, 0.1) is 14.2 Å². The molecule has 4 nitrogen and oxygen atoms in total. The van der Waals surface area contributed by atoms with Crippen LogP contribution in [-0.4, -0.2) is 20.8 Å². The smallest absolute Gasteiger partial charge is 0.137 e. The largest absolute Gasteiger partial charge is 0.495 e. The summed E-state index contributed by atoms with van der Waals surface area (Å²) in [6.45, 7) is 0.557. The van der Waals surface area contributed by atoms with Crippen molar-refractivity contribution >= 4 is 15.9 Å². The number of hydrogen-bond acceptors (Lipinski definition) is 4. The Morgan fingerprint density at radius 2 is 1.75 bits per heavy atom. The maximum atomic E-state index is 6.00. The highest BCUT2D eigenvalue weighted by Gasteiger charge is 2.13. The molecule has 0 saturated heterocycles. The Morgan fingerprint density at radius 1 is 1.25 bits per heavy atom. The standard InChI is InChI=1S/C11H17BrN2O2/c1-15-9-5-7(8(14)3-4-13)6-10(16-2)11(9)12/h5-6,8H,3-4,13-14H2,1-2H3/t8-/m0/s1. The summed E-state index contributed by atoms with van der Waals surface area (Å²) in [5.74, 6) is 1.42. The highest BCUT2D eigenvalue weighted by molar-refractivity contribution is 9.10. The van der Waals surface area contributed by atoms with E-state index in [2.05, 4.69) is 15.9 Å². The number of hydrogen-bond donors (Lipinski definition) is 2. The van der Waals surface area contributed by atoms with Crippen molar-refractivity contribution in [1.82, 2.24) is 0 Å². The Labute approximate surface area is 104 Å². The van der Waals surface area contributed by atoms with Crippen LogP contribution in [0.4, 0.5) is 0 Å². The van der Waals surface area contributed by atoms with Crippen LogP contribution in [0.25, 0.3) is 0 Å². The van der Waals surface area contributed by atoms with Gasteiger partial charge in [-0.3, -0.25) is 0 Å². The first-order valence-corrected chi connectivity index (χ1v) is 5.80. The van der Waals surface area contributed by atoms with Gasteiger partial charge in [0, 0.05) is 6.04 Å². The maximum absolute atomic E-state index is 6.00. The molecule has 0 aliphatic carbocycles. The number of ether oxygens (including phenoxy) is 2. The third-order valence-electron chi connectivity index (χ3n) is 2.37. The van der Waals surface area contributed by atoms with Gasteiger partial charge in [-0.25, -0.2) is 0 Å². The number of methoxy groups -OCH3 is 2. The van der Waals surface area contributed by atoms with Crippen molar-refractivity contribution in [2.24, 2.45) is 11.5 Å². The van der Waals surface area contributed by atoms with Gasteiger partial charge in [0.15, 0.2) is 0 Å². The molecule has 0 amide bonds. The predicted molar refractivity (Wildman–Crippen MR) is 67.8 cm³/mol. The van der Waals surface area contributed by atoms with Crippen LogP contribution >= 0.6 is 15.9 Å². The van der Waals surface area contributed by atoms with E-state index in [1.165, 1.54) is 0 Å². The van der Waals surface area contributed by atoms with E-state index in [0.717, 1.165) is 16.5 Å². The Bertz CT molecular complexity index is 333. The van der Waals surface area contributed by atoms with Gasteiger partial charge in [-0.15, -0.1) is 0 Å². The minimum atomic E-state index is -0.0964. The van der Waals surface area contributed by atoms with Crippen LogP contribution in [0.15, 0.2) is 16.6 Å². The number of rotatable bonds is 5. The molecule has 1 rings (SSSR count). The minimum Gasteiger partial charge on any atom is -0.495 e. The molecule has 1 aromatic carbocycles. The lowest BCUT2D eigenvalue weighted by atomic mass is 10.0. The zero-order valence-corrected chi connectivity index (χ0v) is 11.1. The second kappa shape index (κ2) is 6.08. The van der Waals surface area contributed by atoms with Gasteiger partial charge in [0.2, 0.25) is 0 Å². The first kappa shape index (κ1) is 13.3. The fourth-order valence-electron chi connectivity index (χ4n) is 1.45. The maximum Gasteiger partial charge on any atom is 0.137 e. The van der Waals surface area contributed by atoms with Crippen molar-refractivity contribution in [3.63, 3.8) is 0 Å². The van der Waals surface area contributed by atoms with Gasteiger partial charge >= 0.3 is 0 Å². The van der Waals surface area contributed by atoms with Crippen molar-refractivity contribution < 1.29 is 9.47 Å². The molecule has 1 aromatic rings. The molecule has 0 spiro atoms. The average molecular weight is 289 g/mol. The molecule has 16 heavy (non-hydrogen) atoms. The van der Waals surface area contributed by atoms with Crippen LogP contribution in [0, 0.1) is 0 Å². The van der Waals surface area contributed by atoms with Gasteiger partial charge in [0.25, 0.3) is 0 Å². The Balaban J connectivity index is 3.11.